The Bertz CT molecular complexity index is 701. The summed E-state index contributed by atoms with van der Waals surface area (Å²) in [4.78, 5) is 19.3. The van der Waals surface area contributed by atoms with Gasteiger partial charge in [-0.05, 0) is 26.7 Å². The molecule has 0 bridgehead atoms. The van der Waals surface area contributed by atoms with Crippen LogP contribution in [0.15, 0.2) is 10.7 Å². The average Bonchev–Trinajstić information content (AvgIpc) is 3.16. The van der Waals surface area contributed by atoms with Gasteiger partial charge in [0.2, 0.25) is 0 Å². The van der Waals surface area contributed by atoms with Gasteiger partial charge < -0.3 is 14.0 Å². The number of hydrogen-bond donors (Lipinski definition) is 0. The van der Waals surface area contributed by atoms with Gasteiger partial charge >= 0.3 is 0 Å². The number of aromatic nitrogens is 3. The van der Waals surface area contributed by atoms with E-state index in [0.29, 0.717) is 30.2 Å². The Morgan fingerprint density at radius 2 is 2.23 bits per heavy atom. The molecule has 1 aliphatic heterocycles. The van der Waals surface area contributed by atoms with Crippen LogP contribution in [-0.2, 0) is 13.5 Å². The summed E-state index contributed by atoms with van der Waals surface area (Å²) in [6.07, 6.45) is 3.68. The maximum Gasteiger partial charge on any atom is 0.259 e. The number of amides is 1. The van der Waals surface area contributed by atoms with Gasteiger partial charge in [-0.1, -0.05) is 12.1 Å². The zero-order valence-electron chi connectivity index (χ0n) is 13.6. The van der Waals surface area contributed by atoms with E-state index in [1.165, 1.54) is 0 Å². The van der Waals surface area contributed by atoms with Crippen LogP contribution >= 0.6 is 0 Å². The van der Waals surface area contributed by atoms with Gasteiger partial charge in [0.05, 0.1) is 11.4 Å². The number of carbonyl (C=O) groups is 1. The molecular formula is C16H22N4O2. The molecule has 0 aliphatic carbocycles. The first-order valence-electron chi connectivity index (χ1n) is 7.75. The van der Waals surface area contributed by atoms with Crippen molar-refractivity contribution in [3.05, 3.63) is 34.7 Å². The molecule has 1 amide bonds. The molecule has 1 saturated heterocycles. The Morgan fingerprint density at radius 1 is 1.45 bits per heavy atom. The molecular weight excluding hydrogens is 280 g/mol. The highest BCUT2D eigenvalue weighted by molar-refractivity contribution is 5.96. The predicted molar refractivity (Wildman–Crippen MR) is 81.8 cm³/mol. The van der Waals surface area contributed by atoms with Crippen LogP contribution in [0.25, 0.3) is 0 Å². The lowest BCUT2D eigenvalue weighted by Crippen LogP contribution is -2.29. The number of nitrogens with zero attached hydrogens (tertiary/aromatic N) is 4. The monoisotopic (exact) mass is 302 g/mol. The third-order valence-electron chi connectivity index (χ3n) is 4.36. The lowest BCUT2D eigenvalue weighted by Gasteiger charge is -2.16. The molecule has 1 fully saturated rings. The Labute approximate surface area is 130 Å². The van der Waals surface area contributed by atoms with Gasteiger partial charge in [-0.3, -0.25) is 4.79 Å². The van der Waals surface area contributed by atoms with E-state index in [4.69, 9.17) is 4.52 Å². The minimum atomic E-state index is 0.0315. The zero-order valence-corrected chi connectivity index (χ0v) is 13.6. The van der Waals surface area contributed by atoms with Crippen molar-refractivity contribution in [3.63, 3.8) is 0 Å². The molecule has 0 saturated carbocycles. The summed E-state index contributed by atoms with van der Waals surface area (Å²) in [6.45, 7) is 7.24. The molecule has 3 heterocycles. The fourth-order valence-electron chi connectivity index (χ4n) is 3.26. The first-order chi connectivity index (χ1) is 10.5. The highest BCUT2D eigenvalue weighted by atomic mass is 16.5. The molecule has 0 radical (unpaired) electrons. The number of aryl methyl sites for hydroxylation is 4. The molecule has 1 unspecified atom stereocenters. The van der Waals surface area contributed by atoms with E-state index in [1.807, 2.05) is 32.0 Å². The van der Waals surface area contributed by atoms with Gasteiger partial charge in [0.25, 0.3) is 5.91 Å². The van der Waals surface area contributed by atoms with Crippen molar-refractivity contribution in [1.29, 1.82) is 0 Å². The molecule has 2 aromatic rings. The molecule has 0 aromatic carbocycles. The zero-order chi connectivity index (χ0) is 15.9. The predicted octanol–water partition coefficient (Wildman–Crippen LogP) is 2.22. The van der Waals surface area contributed by atoms with Crippen molar-refractivity contribution < 1.29 is 9.32 Å². The first-order valence-corrected chi connectivity index (χ1v) is 7.75. The quantitative estimate of drug-likeness (QED) is 0.872. The van der Waals surface area contributed by atoms with Crippen LogP contribution in [0.3, 0.4) is 0 Å². The third kappa shape index (κ3) is 2.42. The van der Waals surface area contributed by atoms with Crippen LogP contribution in [0, 0.1) is 13.8 Å². The molecule has 1 atom stereocenters. The molecule has 2 aromatic heterocycles. The minimum absolute atomic E-state index is 0.0315. The molecule has 6 heteroatoms. The van der Waals surface area contributed by atoms with E-state index in [0.717, 1.165) is 30.2 Å². The topological polar surface area (TPSA) is 64.2 Å². The average molecular weight is 302 g/mol. The van der Waals surface area contributed by atoms with Crippen molar-refractivity contribution in [2.75, 3.05) is 13.1 Å². The molecule has 118 valence electrons. The summed E-state index contributed by atoms with van der Waals surface area (Å²) in [5, 5.41) is 3.98. The lowest BCUT2D eigenvalue weighted by molar-refractivity contribution is 0.0787. The number of carbonyl (C=O) groups excluding carboxylic acids is 1. The molecule has 3 rings (SSSR count). The SMILES string of the molecule is CCc1noc(C)c1C(=O)N1CCC(c2nc(C)cn2C)C1. The van der Waals surface area contributed by atoms with Crippen molar-refractivity contribution in [1.82, 2.24) is 19.6 Å². The van der Waals surface area contributed by atoms with Crippen molar-refractivity contribution in [3.8, 4) is 0 Å². The minimum Gasteiger partial charge on any atom is -0.361 e. The fourth-order valence-corrected chi connectivity index (χ4v) is 3.26. The van der Waals surface area contributed by atoms with E-state index in [2.05, 4.69) is 14.7 Å². The molecule has 22 heavy (non-hydrogen) atoms. The smallest absolute Gasteiger partial charge is 0.259 e. The summed E-state index contributed by atoms with van der Waals surface area (Å²) in [5.74, 6) is 2.00. The van der Waals surface area contributed by atoms with Gasteiger partial charge in [-0.25, -0.2) is 4.98 Å². The second-order valence-electron chi connectivity index (χ2n) is 6.00. The summed E-state index contributed by atoms with van der Waals surface area (Å²) >= 11 is 0. The number of likely N-dealkylation sites (tertiary alicyclic amines) is 1. The first kappa shape index (κ1) is 14.8. The molecule has 1 aliphatic rings. The number of rotatable bonds is 3. The van der Waals surface area contributed by atoms with Gasteiger partial charge in [-0.2, -0.15) is 0 Å². The second kappa shape index (κ2) is 5.59. The Hall–Kier alpha value is -2.11. The lowest BCUT2D eigenvalue weighted by atomic mass is 10.1. The van der Waals surface area contributed by atoms with Crippen LogP contribution in [-0.4, -0.2) is 38.6 Å². The summed E-state index contributed by atoms with van der Waals surface area (Å²) in [7, 11) is 2.01. The molecule has 0 N–H and O–H groups in total. The Morgan fingerprint density at radius 3 is 2.86 bits per heavy atom. The highest BCUT2D eigenvalue weighted by Crippen LogP contribution is 2.28. The van der Waals surface area contributed by atoms with Crippen LogP contribution in [0.4, 0.5) is 0 Å². The van der Waals surface area contributed by atoms with E-state index in [-0.39, 0.29) is 5.91 Å². The standard InChI is InChI=1S/C16H22N4O2/c1-5-13-14(11(3)22-18-13)16(21)20-7-6-12(9-20)15-17-10(2)8-19(15)4/h8,12H,5-7,9H2,1-4H3. The second-order valence-corrected chi connectivity index (χ2v) is 6.00. The van der Waals surface area contributed by atoms with Crippen LogP contribution < -0.4 is 0 Å². The Kier molecular flexibility index (Phi) is 3.76. The van der Waals surface area contributed by atoms with Crippen LogP contribution in [0.1, 0.15) is 52.6 Å². The van der Waals surface area contributed by atoms with Crippen LogP contribution in [0.5, 0.6) is 0 Å². The van der Waals surface area contributed by atoms with Gasteiger partial charge in [0, 0.05) is 32.3 Å². The maximum absolute atomic E-state index is 12.8. The van der Waals surface area contributed by atoms with E-state index >= 15 is 0 Å². The van der Waals surface area contributed by atoms with Crippen molar-refractivity contribution >= 4 is 5.91 Å². The van der Waals surface area contributed by atoms with Crippen molar-refractivity contribution in [2.45, 2.75) is 39.5 Å². The molecule has 0 spiro atoms. The van der Waals surface area contributed by atoms with Gasteiger partial charge in [-0.15, -0.1) is 0 Å². The largest absolute Gasteiger partial charge is 0.361 e. The summed E-state index contributed by atoms with van der Waals surface area (Å²) < 4.78 is 7.25. The van der Waals surface area contributed by atoms with E-state index in [1.54, 1.807) is 6.92 Å². The van der Waals surface area contributed by atoms with Gasteiger partial charge in [0.1, 0.15) is 17.1 Å². The normalized spacial score (nSPS) is 18.2. The maximum atomic E-state index is 12.8. The number of imidazole rings is 1. The highest BCUT2D eigenvalue weighted by Gasteiger charge is 2.33. The Balaban J connectivity index is 1.79. The van der Waals surface area contributed by atoms with E-state index in [9.17, 15) is 4.79 Å². The van der Waals surface area contributed by atoms with Gasteiger partial charge in [0.15, 0.2) is 0 Å². The van der Waals surface area contributed by atoms with E-state index < -0.39 is 0 Å². The van der Waals surface area contributed by atoms with Crippen LogP contribution in [0.2, 0.25) is 0 Å². The molecule has 6 nitrogen and oxygen atoms in total. The summed E-state index contributed by atoms with van der Waals surface area (Å²) in [5.41, 5.74) is 2.41. The fraction of sp³-hybridized carbons (Fsp3) is 0.562. The third-order valence-corrected chi connectivity index (χ3v) is 4.36. The number of hydrogen-bond acceptors (Lipinski definition) is 4. The van der Waals surface area contributed by atoms with Crippen molar-refractivity contribution in [2.24, 2.45) is 7.05 Å². The summed E-state index contributed by atoms with van der Waals surface area (Å²) in [6, 6.07) is 0.